The van der Waals surface area contributed by atoms with Crippen LogP contribution in [0.4, 0.5) is 4.39 Å². The fraction of sp³-hybridized carbons (Fsp3) is 0. The summed E-state index contributed by atoms with van der Waals surface area (Å²) in [5.74, 6) is 0. The van der Waals surface area contributed by atoms with Gasteiger partial charge in [0.2, 0.25) is 0 Å². The molecule has 0 unspecified atom stereocenters. The maximum Gasteiger partial charge on any atom is 0.437 e. The molecule has 0 aromatic heterocycles. The Morgan fingerprint density at radius 2 is 2.25 bits per heavy atom. The zero-order valence-electron chi connectivity index (χ0n) is 1.73. The summed E-state index contributed by atoms with van der Waals surface area (Å²) in [6.45, 7) is 0. The molecule has 0 radical (unpaired) electrons. The van der Waals surface area contributed by atoms with E-state index >= 15 is 0 Å². The Morgan fingerprint density at radius 1 is 2.00 bits per heavy atom. The number of rotatable bonds is 0. The third-order valence-electron chi connectivity index (χ3n) is 0.160. The predicted molar refractivity (Wildman–Crippen MR) is 9.63 cm³/mol. The Labute approximate surface area is 21.9 Å². The first-order valence-electron chi connectivity index (χ1n) is 0.799. The number of halogens is 1. The smallest absolute Gasteiger partial charge is 0.297 e. The molecule has 0 atom stereocenters. The van der Waals surface area contributed by atoms with Gasteiger partial charge < -0.3 is 0 Å². The molecule has 0 N–H and O–H groups in total. The molecular weight excluding hydrogens is 61.0 g/mol. The molecule has 4 heavy (non-hydrogen) atoms. The van der Waals surface area contributed by atoms with Gasteiger partial charge in [-0.2, -0.15) is 0 Å². The third kappa shape index (κ3) is 0.0389. The average molecular weight is 61.0 g/mol. The highest BCUT2D eigenvalue weighted by atomic mass is 19.1. The van der Waals surface area contributed by atoms with Crippen molar-refractivity contribution in [3.05, 3.63) is 0 Å². The highest BCUT2D eigenvalue weighted by molar-refractivity contribution is 5.72. The Hall–Kier alpha value is -0.600. The van der Waals surface area contributed by atoms with Gasteiger partial charge in [0.1, 0.15) is 0 Å². The second kappa shape index (κ2) is 0.243. The number of oxime groups is 1. The van der Waals surface area contributed by atoms with Crippen LogP contribution in [-0.2, 0) is 4.84 Å². The monoisotopic (exact) mass is 61.0 g/mol. The van der Waals surface area contributed by atoms with Gasteiger partial charge in [0.05, 0.1) is 0 Å². The van der Waals surface area contributed by atoms with Crippen LogP contribution in [-0.4, -0.2) is 6.15 Å². The molecule has 0 saturated carbocycles. The molecule has 2 nitrogen and oxygen atoms in total. The van der Waals surface area contributed by atoms with Crippen molar-refractivity contribution >= 4 is 6.15 Å². The highest BCUT2D eigenvalue weighted by Crippen LogP contribution is 1.97. The molecule has 0 saturated heterocycles. The quantitative estimate of drug-likeness (QED) is 0.394. The van der Waals surface area contributed by atoms with E-state index in [0.717, 1.165) is 0 Å². The van der Waals surface area contributed by atoms with Gasteiger partial charge in [-0.3, -0.25) is 4.84 Å². The third-order valence-corrected chi connectivity index (χ3v) is 0.160. The second-order valence-electron chi connectivity index (χ2n) is 0.436. The topological polar surface area (TPSA) is 24.9 Å². The van der Waals surface area contributed by atoms with Crippen LogP contribution in [0.5, 0.6) is 0 Å². The molecule has 1 heterocycles. The van der Waals surface area contributed by atoms with Crippen molar-refractivity contribution in [3.63, 3.8) is 0 Å². The van der Waals surface area contributed by atoms with Crippen molar-refractivity contribution in [2.45, 2.75) is 0 Å². The lowest BCUT2D eigenvalue weighted by atomic mass is 11.5. The molecule has 0 aromatic carbocycles. The highest BCUT2D eigenvalue weighted by Gasteiger charge is 2.08. The molecule has 0 fully saturated rings. The fourth-order valence-electron chi connectivity index (χ4n) is 0.0173. The molecule has 0 amide bonds. The summed E-state index contributed by atoms with van der Waals surface area (Å²) >= 11 is 0. The zero-order chi connectivity index (χ0) is 2.99. The van der Waals surface area contributed by atoms with Crippen LogP contribution >= 0.6 is 0 Å². The van der Waals surface area contributed by atoms with E-state index in [0.29, 0.717) is 0 Å². The molecule has 1 rings (SSSR count). The van der Waals surface area contributed by atoms with Gasteiger partial charge in [-0.25, -0.2) is 0 Å². The van der Waals surface area contributed by atoms with E-state index in [1.807, 2.05) is 0 Å². The average Bonchev–Trinajstić information content (AvgIpc) is 1.75. The van der Waals surface area contributed by atoms with Gasteiger partial charge in [0.25, 0.3) is 0 Å². The lowest BCUT2D eigenvalue weighted by Gasteiger charge is -1.38. The molecule has 1 aliphatic rings. The van der Waals surface area contributed by atoms with Crippen molar-refractivity contribution in [1.29, 1.82) is 0 Å². The van der Waals surface area contributed by atoms with Crippen LogP contribution in [0.2, 0.25) is 0 Å². The summed E-state index contributed by atoms with van der Waals surface area (Å²) in [5.41, 5.74) is 0. The lowest BCUT2D eigenvalue weighted by Crippen LogP contribution is -1.50. The molecule has 0 aromatic rings. The minimum Gasteiger partial charge on any atom is -0.297 e. The summed E-state index contributed by atoms with van der Waals surface area (Å²) < 4.78 is 10.6. The van der Waals surface area contributed by atoms with Gasteiger partial charge in [0.15, 0.2) is 0 Å². The normalized spacial score (nSPS) is 17.8. The summed E-state index contributed by atoms with van der Waals surface area (Å²) in [6, 6.07) is 0. The molecule has 0 spiro atoms. The number of nitrogens with zero attached hydrogens (tertiary/aromatic N) is 1. The summed E-state index contributed by atoms with van der Waals surface area (Å²) in [5, 5.41) is 2.65. The molecule has 3 heteroatoms. The van der Waals surface area contributed by atoms with E-state index in [-0.39, 0.29) is 0 Å². The number of hydrogen-bond acceptors (Lipinski definition) is 2. The van der Waals surface area contributed by atoms with E-state index in [1.165, 1.54) is 0 Å². The summed E-state index contributed by atoms with van der Waals surface area (Å²) in [7, 11) is 0. The van der Waals surface area contributed by atoms with E-state index in [1.54, 1.807) is 0 Å². The van der Waals surface area contributed by atoms with Crippen LogP contribution < -0.4 is 0 Å². The van der Waals surface area contributed by atoms with Gasteiger partial charge in [-0.1, -0.05) is 0 Å². The SMILES string of the molecule is FC1=NO1. The largest absolute Gasteiger partial charge is 0.437 e. The van der Waals surface area contributed by atoms with Crippen molar-refractivity contribution < 1.29 is 9.23 Å². The predicted octanol–water partition coefficient (Wildman–Crippen LogP) is 0.257. The van der Waals surface area contributed by atoms with Crippen LogP contribution in [0.1, 0.15) is 0 Å². The molecular formula is CFNO. The first kappa shape index (κ1) is 1.69. The van der Waals surface area contributed by atoms with Gasteiger partial charge >= 0.3 is 6.15 Å². The van der Waals surface area contributed by atoms with Gasteiger partial charge in [0, 0.05) is 0 Å². The Balaban J connectivity index is 2.54. The van der Waals surface area contributed by atoms with E-state index in [9.17, 15) is 4.39 Å². The molecule has 22 valence electrons. The van der Waals surface area contributed by atoms with Crippen LogP contribution in [0.3, 0.4) is 0 Å². The Morgan fingerprint density at radius 3 is 2.25 bits per heavy atom. The Bertz CT molecular complexity index is 59.1. The van der Waals surface area contributed by atoms with Crippen molar-refractivity contribution in [3.8, 4) is 0 Å². The van der Waals surface area contributed by atoms with Crippen molar-refractivity contribution in [2.24, 2.45) is 5.16 Å². The zero-order valence-corrected chi connectivity index (χ0v) is 1.73. The summed E-state index contributed by atoms with van der Waals surface area (Å²) in [4.78, 5) is 3.58. The molecule has 0 bridgehead atoms. The Kier molecular flexibility index (Phi) is 0.103. The maximum atomic E-state index is 10.6. The standard InChI is InChI=1S/CFNO/c2-1-3-4-1. The van der Waals surface area contributed by atoms with Gasteiger partial charge in [-0.05, 0) is 5.16 Å². The van der Waals surface area contributed by atoms with E-state index in [2.05, 4.69) is 9.99 Å². The first-order valence-corrected chi connectivity index (χ1v) is 0.799. The van der Waals surface area contributed by atoms with Crippen LogP contribution in [0.25, 0.3) is 0 Å². The maximum absolute atomic E-state index is 10.6. The number of hydrogen-bond donors (Lipinski definition) is 0. The first-order chi connectivity index (χ1) is 1.89. The lowest BCUT2D eigenvalue weighted by molar-refractivity contribution is 0.436. The van der Waals surface area contributed by atoms with E-state index in [4.69, 9.17) is 0 Å². The van der Waals surface area contributed by atoms with Crippen molar-refractivity contribution in [2.75, 3.05) is 0 Å². The van der Waals surface area contributed by atoms with Gasteiger partial charge in [-0.15, -0.1) is 4.39 Å². The van der Waals surface area contributed by atoms with Crippen LogP contribution in [0.15, 0.2) is 5.16 Å². The second-order valence-corrected chi connectivity index (χ2v) is 0.436. The summed E-state index contributed by atoms with van der Waals surface area (Å²) in [6.07, 6.45) is -0.708. The minimum absolute atomic E-state index is 0.708. The van der Waals surface area contributed by atoms with Crippen LogP contribution in [0, 0.1) is 0 Å². The molecule has 0 aliphatic carbocycles. The fourth-order valence-corrected chi connectivity index (χ4v) is 0.0173. The minimum atomic E-state index is -0.708. The molecule has 1 aliphatic heterocycles. The van der Waals surface area contributed by atoms with Crippen molar-refractivity contribution in [1.82, 2.24) is 0 Å². The van der Waals surface area contributed by atoms with E-state index < -0.39 is 6.15 Å².